The number of aromatic nitrogens is 2. The van der Waals surface area contributed by atoms with Crippen molar-refractivity contribution >= 4 is 0 Å². The summed E-state index contributed by atoms with van der Waals surface area (Å²) in [4.78, 5) is 0. The zero-order chi connectivity index (χ0) is 12.3. The predicted molar refractivity (Wildman–Crippen MR) is 65.6 cm³/mol. The van der Waals surface area contributed by atoms with Crippen molar-refractivity contribution in [1.82, 2.24) is 15.1 Å². The second kappa shape index (κ2) is 5.10. The Kier molecular flexibility index (Phi) is 3.54. The Morgan fingerprint density at radius 1 is 1.35 bits per heavy atom. The summed E-state index contributed by atoms with van der Waals surface area (Å²) < 4.78 is 15.0. The van der Waals surface area contributed by atoms with Gasteiger partial charge in [-0.15, -0.1) is 0 Å². The van der Waals surface area contributed by atoms with Crippen LogP contribution in [0.4, 0.5) is 4.39 Å². The predicted octanol–water partition coefficient (Wildman–Crippen LogP) is 2.43. The van der Waals surface area contributed by atoms with Gasteiger partial charge < -0.3 is 5.32 Å². The first-order chi connectivity index (χ1) is 8.20. The van der Waals surface area contributed by atoms with Gasteiger partial charge in [-0.2, -0.15) is 5.10 Å². The summed E-state index contributed by atoms with van der Waals surface area (Å²) in [7, 11) is 0. The average molecular weight is 233 g/mol. The smallest absolute Gasteiger partial charge is 0.123 e. The van der Waals surface area contributed by atoms with Crippen molar-refractivity contribution in [2.24, 2.45) is 0 Å². The molecule has 0 aliphatic carbocycles. The van der Waals surface area contributed by atoms with Crippen molar-refractivity contribution < 1.29 is 4.39 Å². The number of nitrogens with zero attached hydrogens (tertiary/aromatic N) is 2. The molecule has 0 amide bonds. The lowest BCUT2D eigenvalue weighted by Gasteiger charge is -2.10. The number of halogens is 1. The minimum Gasteiger partial charge on any atom is -0.313 e. The summed E-state index contributed by atoms with van der Waals surface area (Å²) in [6, 6.07) is 6.70. The minimum atomic E-state index is -0.217. The fourth-order valence-electron chi connectivity index (χ4n) is 1.73. The third-order valence-corrected chi connectivity index (χ3v) is 2.58. The monoisotopic (exact) mass is 233 g/mol. The quantitative estimate of drug-likeness (QED) is 0.879. The van der Waals surface area contributed by atoms with Crippen molar-refractivity contribution in [2.75, 3.05) is 6.54 Å². The van der Waals surface area contributed by atoms with Gasteiger partial charge in [0.05, 0.1) is 11.4 Å². The molecule has 0 saturated carbocycles. The molecule has 0 unspecified atom stereocenters. The van der Waals surface area contributed by atoms with Crippen molar-refractivity contribution in [1.29, 1.82) is 0 Å². The first-order valence-electron chi connectivity index (χ1n) is 5.72. The topological polar surface area (TPSA) is 29.9 Å². The van der Waals surface area contributed by atoms with Gasteiger partial charge in [0, 0.05) is 12.7 Å². The molecular formula is C13H16FN3. The van der Waals surface area contributed by atoms with E-state index in [-0.39, 0.29) is 5.82 Å². The van der Waals surface area contributed by atoms with Gasteiger partial charge >= 0.3 is 0 Å². The van der Waals surface area contributed by atoms with E-state index in [9.17, 15) is 4.39 Å². The summed E-state index contributed by atoms with van der Waals surface area (Å²) >= 11 is 0. The number of hydrogen-bond donors (Lipinski definition) is 1. The number of hydrogen-bond acceptors (Lipinski definition) is 2. The first kappa shape index (κ1) is 11.8. The largest absolute Gasteiger partial charge is 0.313 e. The fraction of sp³-hybridized carbons (Fsp3) is 0.308. The van der Waals surface area contributed by atoms with E-state index in [1.54, 1.807) is 16.8 Å². The maximum atomic E-state index is 13.2. The molecule has 4 heteroatoms. The van der Waals surface area contributed by atoms with E-state index in [0.29, 0.717) is 6.54 Å². The molecule has 1 aromatic carbocycles. The highest BCUT2D eigenvalue weighted by Crippen LogP contribution is 2.16. The summed E-state index contributed by atoms with van der Waals surface area (Å²) in [5, 5.41) is 7.55. The Labute approximate surface area is 100 Å². The molecule has 1 aromatic heterocycles. The van der Waals surface area contributed by atoms with Gasteiger partial charge in [0.25, 0.3) is 0 Å². The van der Waals surface area contributed by atoms with Gasteiger partial charge in [-0.3, -0.25) is 0 Å². The van der Waals surface area contributed by atoms with E-state index in [4.69, 9.17) is 0 Å². The summed E-state index contributed by atoms with van der Waals surface area (Å²) in [5.74, 6) is -0.217. The van der Waals surface area contributed by atoms with Crippen LogP contribution in [-0.4, -0.2) is 16.3 Å². The molecule has 2 rings (SSSR count). The Balaban J connectivity index is 2.38. The number of benzene rings is 1. The minimum absolute atomic E-state index is 0.217. The molecule has 1 N–H and O–H groups in total. The molecule has 0 aliphatic heterocycles. The van der Waals surface area contributed by atoms with Crippen molar-refractivity contribution in [3.8, 4) is 5.69 Å². The van der Waals surface area contributed by atoms with Crippen LogP contribution in [0.3, 0.4) is 0 Å². The van der Waals surface area contributed by atoms with Gasteiger partial charge in [0.15, 0.2) is 0 Å². The normalized spacial score (nSPS) is 10.8. The van der Waals surface area contributed by atoms with Gasteiger partial charge in [-0.1, -0.05) is 6.92 Å². The second-order valence-corrected chi connectivity index (χ2v) is 3.96. The van der Waals surface area contributed by atoms with E-state index >= 15 is 0 Å². The third kappa shape index (κ3) is 2.71. The molecule has 0 atom stereocenters. The van der Waals surface area contributed by atoms with E-state index in [1.807, 2.05) is 26.1 Å². The van der Waals surface area contributed by atoms with Crippen molar-refractivity contribution in [3.05, 3.63) is 47.5 Å². The van der Waals surface area contributed by atoms with Crippen molar-refractivity contribution in [2.45, 2.75) is 20.4 Å². The van der Waals surface area contributed by atoms with Crippen LogP contribution in [-0.2, 0) is 6.54 Å². The molecular weight excluding hydrogens is 217 g/mol. The van der Waals surface area contributed by atoms with E-state index in [2.05, 4.69) is 10.4 Å². The van der Waals surface area contributed by atoms with E-state index < -0.39 is 0 Å². The lowest BCUT2D eigenvalue weighted by atomic mass is 10.1. The van der Waals surface area contributed by atoms with Crippen LogP contribution >= 0.6 is 0 Å². The van der Waals surface area contributed by atoms with Crippen LogP contribution in [0.5, 0.6) is 0 Å². The average Bonchev–Trinajstić information content (AvgIpc) is 2.73. The molecule has 2 aromatic rings. The van der Waals surface area contributed by atoms with Crippen LogP contribution in [0, 0.1) is 12.7 Å². The fourth-order valence-corrected chi connectivity index (χ4v) is 1.73. The molecule has 0 aliphatic rings. The van der Waals surface area contributed by atoms with Crippen molar-refractivity contribution in [3.63, 3.8) is 0 Å². The zero-order valence-corrected chi connectivity index (χ0v) is 10.1. The van der Waals surface area contributed by atoms with Gasteiger partial charge in [-0.25, -0.2) is 9.07 Å². The highest BCUT2D eigenvalue weighted by atomic mass is 19.1. The lowest BCUT2D eigenvalue weighted by Crippen LogP contribution is -2.14. The van der Waals surface area contributed by atoms with Gasteiger partial charge in [0.1, 0.15) is 5.82 Å². The summed E-state index contributed by atoms with van der Waals surface area (Å²) in [6.07, 6.45) is 1.89. The SMILES string of the molecule is CCNCc1cc(F)ccc1-n1ccc(C)n1. The number of aryl methyl sites for hydroxylation is 1. The highest BCUT2D eigenvalue weighted by Gasteiger charge is 2.06. The lowest BCUT2D eigenvalue weighted by molar-refractivity contribution is 0.620. The molecule has 17 heavy (non-hydrogen) atoms. The number of nitrogens with one attached hydrogen (secondary N) is 1. The van der Waals surface area contributed by atoms with Gasteiger partial charge in [-0.05, 0) is 43.3 Å². The number of rotatable bonds is 4. The Hall–Kier alpha value is -1.68. The molecule has 1 heterocycles. The molecule has 0 spiro atoms. The maximum Gasteiger partial charge on any atom is 0.123 e. The van der Waals surface area contributed by atoms with Gasteiger partial charge in [0.2, 0.25) is 0 Å². The Morgan fingerprint density at radius 2 is 2.18 bits per heavy atom. The highest BCUT2D eigenvalue weighted by molar-refractivity contribution is 5.40. The van der Waals surface area contributed by atoms with Crippen LogP contribution in [0.25, 0.3) is 5.69 Å². The van der Waals surface area contributed by atoms with E-state index in [1.165, 1.54) is 6.07 Å². The summed E-state index contributed by atoms with van der Waals surface area (Å²) in [6.45, 7) is 5.46. The second-order valence-electron chi connectivity index (χ2n) is 3.96. The van der Waals surface area contributed by atoms with Crippen LogP contribution in [0.15, 0.2) is 30.5 Å². The third-order valence-electron chi connectivity index (χ3n) is 2.58. The van der Waals surface area contributed by atoms with E-state index in [0.717, 1.165) is 23.5 Å². The Morgan fingerprint density at radius 3 is 2.82 bits per heavy atom. The maximum absolute atomic E-state index is 13.2. The standard InChI is InChI=1S/C13H16FN3/c1-3-15-9-11-8-12(14)4-5-13(11)17-7-6-10(2)16-17/h4-8,15H,3,9H2,1-2H3. The molecule has 0 bridgehead atoms. The molecule has 90 valence electrons. The molecule has 0 fully saturated rings. The molecule has 0 radical (unpaired) electrons. The van der Waals surface area contributed by atoms with Crippen LogP contribution < -0.4 is 5.32 Å². The summed E-state index contributed by atoms with van der Waals surface area (Å²) in [5.41, 5.74) is 2.78. The molecule has 0 saturated heterocycles. The molecule has 3 nitrogen and oxygen atoms in total. The first-order valence-corrected chi connectivity index (χ1v) is 5.72. The van der Waals surface area contributed by atoms with Crippen LogP contribution in [0.2, 0.25) is 0 Å². The van der Waals surface area contributed by atoms with Crippen LogP contribution in [0.1, 0.15) is 18.2 Å². The zero-order valence-electron chi connectivity index (χ0n) is 10.1. The Bertz CT molecular complexity index is 505.